The number of ether oxygens (including phenoxy) is 1. The fourth-order valence-electron chi connectivity index (χ4n) is 1.24. The van der Waals surface area contributed by atoms with E-state index >= 15 is 0 Å². The highest BCUT2D eigenvalue weighted by atomic mass is 16.5. The molecule has 0 saturated carbocycles. The molecular formula is C9H14N2O3. The second-order valence-corrected chi connectivity index (χ2v) is 3.29. The van der Waals surface area contributed by atoms with Crippen LogP contribution < -0.4 is 4.74 Å². The monoisotopic (exact) mass is 198 g/mol. The smallest absolute Gasteiger partial charge is 0.309 e. The maximum Gasteiger partial charge on any atom is 0.309 e. The standard InChI is InChI=1S/C9H14N2O3/c1-6(2)11-7(5-9(12)13)4-8(10-11)14-3/h4,6H,5H2,1-3H3,(H,12,13). The van der Waals surface area contributed by atoms with E-state index in [0.29, 0.717) is 11.6 Å². The highest BCUT2D eigenvalue weighted by Gasteiger charge is 2.13. The molecule has 0 unspecified atom stereocenters. The van der Waals surface area contributed by atoms with Crippen molar-refractivity contribution in [2.24, 2.45) is 0 Å². The molecule has 1 aromatic heterocycles. The summed E-state index contributed by atoms with van der Waals surface area (Å²) in [7, 11) is 1.51. The number of nitrogens with zero attached hydrogens (tertiary/aromatic N) is 2. The van der Waals surface area contributed by atoms with Crippen molar-refractivity contribution >= 4 is 5.97 Å². The van der Waals surface area contributed by atoms with Crippen LogP contribution in [0, 0.1) is 0 Å². The van der Waals surface area contributed by atoms with Crippen LogP contribution in [0.25, 0.3) is 0 Å². The van der Waals surface area contributed by atoms with Crippen LogP contribution in [0.2, 0.25) is 0 Å². The van der Waals surface area contributed by atoms with E-state index in [-0.39, 0.29) is 12.5 Å². The Hall–Kier alpha value is -1.52. The molecule has 0 aliphatic carbocycles. The first-order chi connectivity index (χ1) is 6.54. The average Bonchev–Trinajstić information content (AvgIpc) is 2.46. The first kappa shape index (κ1) is 10.6. The molecule has 0 bridgehead atoms. The molecule has 0 aliphatic heterocycles. The third-order valence-corrected chi connectivity index (χ3v) is 1.82. The highest BCUT2D eigenvalue weighted by Crippen LogP contribution is 2.16. The number of hydrogen-bond acceptors (Lipinski definition) is 3. The SMILES string of the molecule is COc1cc(CC(=O)O)n(C(C)C)n1. The minimum atomic E-state index is -0.866. The zero-order valence-electron chi connectivity index (χ0n) is 8.52. The van der Waals surface area contributed by atoms with Gasteiger partial charge in [-0.3, -0.25) is 9.48 Å². The lowest BCUT2D eigenvalue weighted by Crippen LogP contribution is -2.11. The second kappa shape index (κ2) is 4.13. The number of carboxylic acid groups (broad SMARTS) is 1. The van der Waals surface area contributed by atoms with E-state index in [2.05, 4.69) is 5.10 Å². The quantitative estimate of drug-likeness (QED) is 0.786. The summed E-state index contributed by atoms with van der Waals surface area (Å²) in [4.78, 5) is 10.6. The molecule has 14 heavy (non-hydrogen) atoms. The predicted octanol–water partition coefficient (Wildman–Crippen LogP) is 1.10. The number of hydrogen-bond donors (Lipinski definition) is 1. The van der Waals surface area contributed by atoms with Crippen LogP contribution in [-0.4, -0.2) is 28.0 Å². The van der Waals surface area contributed by atoms with E-state index in [1.54, 1.807) is 10.7 Å². The summed E-state index contributed by atoms with van der Waals surface area (Å²) in [5, 5.41) is 12.8. The van der Waals surface area contributed by atoms with Gasteiger partial charge in [0.25, 0.3) is 0 Å². The van der Waals surface area contributed by atoms with Crippen molar-refractivity contribution in [3.05, 3.63) is 11.8 Å². The van der Waals surface area contributed by atoms with Crippen molar-refractivity contribution in [1.82, 2.24) is 9.78 Å². The van der Waals surface area contributed by atoms with E-state index in [0.717, 1.165) is 0 Å². The number of carbonyl (C=O) groups is 1. The summed E-state index contributed by atoms with van der Waals surface area (Å²) in [5.74, 6) is -0.413. The molecule has 1 aromatic rings. The van der Waals surface area contributed by atoms with Crippen LogP contribution in [-0.2, 0) is 11.2 Å². The van der Waals surface area contributed by atoms with Gasteiger partial charge < -0.3 is 9.84 Å². The van der Waals surface area contributed by atoms with Crippen molar-refractivity contribution in [2.45, 2.75) is 26.3 Å². The maximum absolute atomic E-state index is 10.6. The number of aromatic nitrogens is 2. The summed E-state index contributed by atoms with van der Waals surface area (Å²) in [5.41, 5.74) is 0.657. The first-order valence-corrected chi connectivity index (χ1v) is 4.38. The van der Waals surface area contributed by atoms with Crippen molar-refractivity contribution in [1.29, 1.82) is 0 Å². The Morgan fingerprint density at radius 2 is 2.36 bits per heavy atom. The van der Waals surface area contributed by atoms with Crippen LogP contribution in [0.15, 0.2) is 6.07 Å². The normalized spacial score (nSPS) is 10.6. The van der Waals surface area contributed by atoms with E-state index in [1.807, 2.05) is 13.8 Å². The maximum atomic E-state index is 10.6. The Labute approximate surface area is 82.3 Å². The van der Waals surface area contributed by atoms with E-state index in [4.69, 9.17) is 9.84 Å². The van der Waals surface area contributed by atoms with Crippen LogP contribution in [0.4, 0.5) is 0 Å². The largest absolute Gasteiger partial charge is 0.481 e. The Balaban J connectivity index is 2.99. The van der Waals surface area contributed by atoms with Gasteiger partial charge in [-0.05, 0) is 13.8 Å². The summed E-state index contributed by atoms with van der Waals surface area (Å²) in [6.45, 7) is 3.88. The van der Waals surface area contributed by atoms with Crippen molar-refractivity contribution < 1.29 is 14.6 Å². The van der Waals surface area contributed by atoms with Gasteiger partial charge in [0.15, 0.2) is 0 Å². The summed E-state index contributed by atoms with van der Waals surface area (Å²) < 4.78 is 6.60. The molecule has 1 heterocycles. The minimum Gasteiger partial charge on any atom is -0.481 e. The molecule has 0 radical (unpaired) electrons. The molecule has 5 heteroatoms. The van der Waals surface area contributed by atoms with Gasteiger partial charge in [-0.1, -0.05) is 0 Å². The number of carboxylic acids is 1. The Kier molecular flexibility index (Phi) is 3.11. The van der Waals surface area contributed by atoms with Crippen LogP contribution in [0.3, 0.4) is 0 Å². The number of aliphatic carboxylic acids is 1. The molecule has 0 fully saturated rings. The van der Waals surface area contributed by atoms with Crippen molar-refractivity contribution in [3.63, 3.8) is 0 Å². The molecule has 0 saturated heterocycles. The molecular weight excluding hydrogens is 184 g/mol. The molecule has 1 rings (SSSR count). The molecule has 0 spiro atoms. The van der Waals surface area contributed by atoms with Gasteiger partial charge in [0.2, 0.25) is 5.88 Å². The van der Waals surface area contributed by atoms with Crippen LogP contribution in [0.1, 0.15) is 25.6 Å². The summed E-state index contributed by atoms with van der Waals surface area (Å²) in [6.07, 6.45) is -0.0332. The van der Waals surface area contributed by atoms with Crippen LogP contribution in [0.5, 0.6) is 5.88 Å². The molecule has 1 N–H and O–H groups in total. The number of rotatable bonds is 4. The molecule has 5 nitrogen and oxygen atoms in total. The lowest BCUT2D eigenvalue weighted by Gasteiger charge is -2.08. The fourth-order valence-corrected chi connectivity index (χ4v) is 1.24. The lowest BCUT2D eigenvalue weighted by atomic mass is 10.3. The minimum absolute atomic E-state index is 0.0332. The van der Waals surface area contributed by atoms with Gasteiger partial charge in [0.1, 0.15) is 0 Å². The predicted molar refractivity (Wildman–Crippen MR) is 50.5 cm³/mol. The van der Waals surface area contributed by atoms with Crippen LogP contribution >= 0.6 is 0 Å². The molecule has 78 valence electrons. The zero-order chi connectivity index (χ0) is 10.7. The van der Waals surface area contributed by atoms with Gasteiger partial charge in [0.05, 0.1) is 19.2 Å². The van der Waals surface area contributed by atoms with Gasteiger partial charge >= 0.3 is 5.97 Å². The lowest BCUT2D eigenvalue weighted by molar-refractivity contribution is -0.136. The zero-order valence-corrected chi connectivity index (χ0v) is 8.52. The first-order valence-electron chi connectivity index (χ1n) is 4.38. The Morgan fingerprint density at radius 3 is 2.79 bits per heavy atom. The third kappa shape index (κ3) is 2.25. The third-order valence-electron chi connectivity index (χ3n) is 1.82. The topological polar surface area (TPSA) is 64.3 Å². The molecule has 0 aliphatic rings. The Bertz CT molecular complexity index is 331. The Morgan fingerprint density at radius 1 is 1.71 bits per heavy atom. The van der Waals surface area contributed by atoms with Gasteiger partial charge in [-0.15, -0.1) is 5.10 Å². The fraction of sp³-hybridized carbons (Fsp3) is 0.556. The summed E-state index contributed by atoms with van der Waals surface area (Å²) in [6, 6.07) is 1.78. The van der Waals surface area contributed by atoms with Gasteiger partial charge in [-0.2, -0.15) is 0 Å². The second-order valence-electron chi connectivity index (χ2n) is 3.29. The van der Waals surface area contributed by atoms with E-state index in [1.165, 1.54) is 7.11 Å². The molecule has 0 amide bonds. The van der Waals surface area contributed by atoms with Gasteiger partial charge in [-0.25, -0.2) is 0 Å². The van der Waals surface area contributed by atoms with Crippen molar-refractivity contribution in [2.75, 3.05) is 7.11 Å². The molecule has 0 atom stereocenters. The highest BCUT2D eigenvalue weighted by molar-refractivity contribution is 5.69. The molecule has 0 aromatic carbocycles. The number of methoxy groups -OCH3 is 1. The van der Waals surface area contributed by atoms with E-state index in [9.17, 15) is 4.79 Å². The van der Waals surface area contributed by atoms with Gasteiger partial charge in [0, 0.05) is 12.1 Å². The summed E-state index contributed by atoms with van der Waals surface area (Å²) >= 11 is 0. The van der Waals surface area contributed by atoms with Crippen molar-refractivity contribution in [3.8, 4) is 5.88 Å². The average molecular weight is 198 g/mol. The van der Waals surface area contributed by atoms with E-state index < -0.39 is 5.97 Å².